The highest BCUT2D eigenvalue weighted by Gasteiger charge is 2.35. The largest absolute Gasteiger partial charge is 0.348 e. The molecule has 4 heteroatoms. The topological polar surface area (TPSA) is 40.7 Å². The van der Waals surface area contributed by atoms with Crippen LogP contribution in [0.3, 0.4) is 0 Å². The highest BCUT2D eigenvalue weighted by Crippen LogP contribution is 2.42. The second-order valence-corrected chi connectivity index (χ2v) is 5.15. The number of aromatic amines is 1. The van der Waals surface area contributed by atoms with Gasteiger partial charge in [0.15, 0.2) is 0 Å². The molecule has 2 rings (SSSR count). The Morgan fingerprint density at radius 2 is 2.50 bits per heavy atom. The third-order valence-corrected chi connectivity index (χ3v) is 4.41. The van der Waals surface area contributed by atoms with E-state index in [9.17, 15) is 0 Å². The molecule has 0 saturated heterocycles. The van der Waals surface area contributed by atoms with E-state index < -0.39 is 0 Å². The molecule has 0 aromatic carbocycles. The molecule has 1 fully saturated rings. The summed E-state index contributed by atoms with van der Waals surface area (Å²) in [5.74, 6) is 1.03. The van der Waals surface area contributed by atoms with Gasteiger partial charge in [0.25, 0.3) is 0 Å². The molecule has 2 N–H and O–H groups in total. The maximum absolute atomic E-state index is 4.18. The summed E-state index contributed by atoms with van der Waals surface area (Å²) in [6, 6.07) is 0. The molecule has 1 saturated carbocycles. The molecule has 0 radical (unpaired) electrons. The van der Waals surface area contributed by atoms with E-state index in [2.05, 4.69) is 21.5 Å². The van der Waals surface area contributed by atoms with Crippen molar-refractivity contribution in [2.45, 2.75) is 30.6 Å². The van der Waals surface area contributed by atoms with E-state index >= 15 is 0 Å². The van der Waals surface area contributed by atoms with Crippen molar-refractivity contribution >= 4 is 11.8 Å². The maximum atomic E-state index is 4.18. The fourth-order valence-electron chi connectivity index (χ4n) is 1.83. The van der Waals surface area contributed by atoms with Gasteiger partial charge in [0.2, 0.25) is 0 Å². The van der Waals surface area contributed by atoms with E-state index in [1.54, 1.807) is 6.20 Å². The van der Waals surface area contributed by atoms with Gasteiger partial charge in [-0.25, -0.2) is 4.98 Å². The zero-order valence-corrected chi connectivity index (χ0v) is 9.36. The predicted octanol–water partition coefficient (Wildman–Crippen LogP) is 1.78. The Kier molecular flexibility index (Phi) is 3.13. The van der Waals surface area contributed by atoms with Crippen LogP contribution in [-0.4, -0.2) is 27.5 Å². The van der Waals surface area contributed by atoms with Crippen LogP contribution in [0.2, 0.25) is 0 Å². The molecule has 1 heterocycles. The standard InChI is InChI=1S/C10H17N3S/c1-14-10(3-2-4-10)8-11-7-9-12-5-6-13-9/h5-6,11H,2-4,7-8H2,1H3,(H,12,13). The average Bonchev–Trinajstić information content (AvgIpc) is 2.62. The first-order chi connectivity index (χ1) is 6.85. The zero-order chi connectivity index (χ0) is 9.86. The second kappa shape index (κ2) is 4.36. The van der Waals surface area contributed by atoms with Crippen molar-refractivity contribution in [1.82, 2.24) is 15.3 Å². The van der Waals surface area contributed by atoms with Gasteiger partial charge in [0, 0.05) is 23.7 Å². The third-order valence-electron chi connectivity index (χ3n) is 2.99. The molecule has 0 aliphatic heterocycles. The lowest BCUT2D eigenvalue weighted by Crippen LogP contribution is -2.43. The predicted molar refractivity (Wildman–Crippen MR) is 60.4 cm³/mol. The lowest BCUT2D eigenvalue weighted by atomic mass is 9.84. The van der Waals surface area contributed by atoms with Crippen LogP contribution in [0.25, 0.3) is 0 Å². The van der Waals surface area contributed by atoms with E-state index in [0.717, 1.165) is 18.9 Å². The molecule has 14 heavy (non-hydrogen) atoms. The Balaban J connectivity index is 1.72. The fourth-order valence-corrected chi connectivity index (χ4v) is 2.77. The van der Waals surface area contributed by atoms with E-state index in [4.69, 9.17) is 0 Å². The number of hydrogen-bond acceptors (Lipinski definition) is 3. The second-order valence-electron chi connectivity index (χ2n) is 3.88. The lowest BCUT2D eigenvalue weighted by molar-refractivity contribution is 0.344. The Bertz CT molecular complexity index is 261. The van der Waals surface area contributed by atoms with Crippen molar-refractivity contribution in [2.24, 2.45) is 0 Å². The first kappa shape index (κ1) is 10.1. The number of thioether (sulfide) groups is 1. The number of nitrogens with zero attached hydrogens (tertiary/aromatic N) is 1. The maximum Gasteiger partial charge on any atom is 0.120 e. The van der Waals surface area contributed by atoms with Crippen LogP contribution in [-0.2, 0) is 6.54 Å². The van der Waals surface area contributed by atoms with Crippen molar-refractivity contribution in [3.8, 4) is 0 Å². The molecule has 1 aliphatic carbocycles. The Hall–Kier alpha value is -0.480. The number of nitrogens with one attached hydrogen (secondary N) is 2. The van der Waals surface area contributed by atoms with Crippen LogP contribution < -0.4 is 5.32 Å². The van der Waals surface area contributed by atoms with Crippen LogP contribution in [0.15, 0.2) is 12.4 Å². The highest BCUT2D eigenvalue weighted by molar-refractivity contribution is 8.00. The summed E-state index contributed by atoms with van der Waals surface area (Å²) in [6.07, 6.45) is 9.99. The summed E-state index contributed by atoms with van der Waals surface area (Å²) in [5.41, 5.74) is 0. The molecule has 0 unspecified atom stereocenters. The molecule has 1 aromatic heterocycles. The summed E-state index contributed by atoms with van der Waals surface area (Å²) in [4.78, 5) is 7.28. The first-order valence-corrected chi connectivity index (χ1v) is 6.31. The minimum Gasteiger partial charge on any atom is -0.348 e. The van der Waals surface area contributed by atoms with Gasteiger partial charge in [0.1, 0.15) is 5.82 Å². The van der Waals surface area contributed by atoms with Gasteiger partial charge < -0.3 is 10.3 Å². The number of aromatic nitrogens is 2. The van der Waals surface area contributed by atoms with E-state index in [-0.39, 0.29) is 0 Å². The van der Waals surface area contributed by atoms with Crippen LogP contribution >= 0.6 is 11.8 Å². The van der Waals surface area contributed by atoms with E-state index in [1.807, 2.05) is 18.0 Å². The number of imidazole rings is 1. The molecule has 0 bridgehead atoms. The molecule has 0 spiro atoms. The molecular formula is C10H17N3S. The number of rotatable bonds is 5. The van der Waals surface area contributed by atoms with Crippen LogP contribution in [0.4, 0.5) is 0 Å². The summed E-state index contributed by atoms with van der Waals surface area (Å²) in [7, 11) is 0. The normalized spacial score (nSPS) is 19.2. The van der Waals surface area contributed by atoms with Gasteiger partial charge in [-0.3, -0.25) is 0 Å². The van der Waals surface area contributed by atoms with Gasteiger partial charge in [0.05, 0.1) is 6.54 Å². The summed E-state index contributed by atoms with van der Waals surface area (Å²) in [6.45, 7) is 1.96. The Morgan fingerprint density at radius 3 is 3.00 bits per heavy atom. The first-order valence-electron chi connectivity index (χ1n) is 5.09. The molecule has 1 aliphatic rings. The molecule has 78 valence electrons. The van der Waals surface area contributed by atoms with Crippen LogP contribution in [0.1, 0.15) is 25.1 Å². The molecular weight excluding hydrogens is 194 g/mol. The highest BCUT2D eigenvalue weighted by atomic mass is 32.2. The van der Waals surface area contributed by atoms with E-state index in [1.165, 1.54) is 19.3 Å². The monoisotopic (exact) mass is 211 g/mol. The SMILES string of the molecule is CSC1(CNCc2ncc[nH]2)CCC1. The lowest BCUT2D eigenvalue weighted by Gasteiger charge is -2.40. The Labute approximate surface area is 89.1 Å². The van der Waals surface area contributed by atoms with Gasteiger partial charge in [-0.05, 0) is 19.1 Å². The summed E-state index contributed by atoms with van der Waals surface area (Å²) < 4.78 is 0.520. The average molecular weight is 211 g/mol. The third kappa shape index (κ3) is 2.12. The molecule has 1 aromatic rings. The van der Waals surface area contributed by atoms with Crippen molar-refractivity contribution in [3.63, 3.8) is 0 Å². The van der Waals surface area contributed by atoms with Gasteiger partial charge in [-0.1, -0.05) is 6.42 Å². The molecule has 3 nitrogen and oxygen atoms in total. The number of H-pyrrole nitrogens is 1. The van der Waals surface area contributed by atoms with Crippen molar-refractivity contribution in [2.75, 3.05) is 12.8 Å². The Morgan fingerprint density at radius 1 is 1.64 bits per heavy atom. The molecule has 0 atom stereocenters. The van der Waals surface area contributed by atoms with Crippen molar-refractivity contribution < 1.29 is 0 Å². The fraction of sp³-hybridized carbons (Fsp3) is 0.700. The number of hydrogen-bond donors (Lipinski definition) is 2. The van der Waals surface area contributed by atoms with Crippen LogP contribution in [0.5, 0.6) is 0 Å². The zero-order valence-electron chi connectivity index (χ0n) is 8.55. The minimum atomic E-state index is 0.520. The van der Waals surface area contributed by atoms with Crippen molar-refractivity contribution in [1.29, 1.82) is 0 Å². The molecule has 0 amide bonds. The van der Waals surface area contributed by atoms with Gasteiger partial charge in [-0.15, -0.1) is 0 Å². The smallest absolute Gasteiger partial charge is 0.120 e. The van der Waals surface area contributed by atoms with Gasteiger partial charge >= 0.3 is 0 Å². The quantitative estimate of drug-likeness (QED) is 0.780. The van der Waals surface area contributed by atoms with E-state index in [0.29, 0.717) is 4.75 Å². The van der Waals surface area contributed by atoms with Crippen LogP contribution in [0, 0.1) is 0 Å². The van der Waals surface area contributed by atoms with Gasteiger partial charge in [-0.2, -0.15) is 11.8 Å². The summed E-state index contributed by atoms with van der Waals surface area (Å²) >= 11 is 2.00. The van der Waals surface area contributed by atoms with Crippen molar-refractivity contribution in [3.05, 3.63) is 18.2 Å². The summed E-state index contributed by atoms with van der Waals surface area (Å²) in [5, 5.41) is 3.47. The minimum absolute atomic E-state index is 0.520.